The largest absolute Gasteiger partial charge is 0.275 e. The van der Waals surface area contributed by atoms with Crippen LogP contribution in [0.1, 0.15) is 41.0 Å². The van der Waals surface area contributed by atoms with Crippen LogP contribution in [0.3, 0.4) is 0 Å². The van der Waals surface area contributed by atoms with E-state index in [2.05, 4.69) is 27.7 Å². The average molecular weight is 245 g/mol. The van der Waals surface area contributed by atoms with Crippen molar-refractivity contribution in [2.45, 2.75) is 41.0 Å². The zero-order valence-electron chi connectivity index (χ0n) is 11.7. The highest BCUT2D eigenvalue weighted by atomic mass is 16.2. The number of carbonyl (C=O) groups excluding carboxylic acids is 2. The lowest BCUT2D eigenvalue weighted by molar-refractivity contribution is -0.137. The normalized spacial score (nSPS) is 37.7. The van der Waals surface area contributed by atoms with E-state index in [0.717, 1.165) is 17.6 Å². The molecule has 3 aliphatic rings. The van der Waals surface area contributed by atoms with Gasteiger partial charge in [0.15, 0.2) is 0 Å². The van der Waals surface area contributed by atoms with E-state index in [0.29, 0.717) is 6.54 Å². The van der Waals surface area contributed by atoms with Crippen molar-refractivity contribution >= 4 is 11.8 Å². The van der Waals surface area contributed by atoms with Crippen molar-refractivity contribution in [3.63, 3.8) is 0 Å². The topological polar surface area (TPSA) is 37.4 Å². The second kappa shape index (κ2) is 2.95. The zero-order valence-corrected chi connectivity index (χ0v) is 11.7. The van der Waals surface area contributed by atoms with Gasteiger partial charge in [-0.3, -0.25) is 14.5 Å². The lowest BCUT2D eigenvalue weighted by atomic mass is 9.36. The number of amides is 2. The van der Waals surface area contributed by atoms with Crippen molar-refractivity contribution in [3.05, 3.63) is 22.3 Å². The maximum atomic E-state index is 12.4. The number of carbonyl (C=O) groups is 2. The van der Waals surface area contributed by atoms with Crippen LogP contribution in [0, 0.1) is 10.8 Å². The molecular weight excluding hydrogens is 226 g/mol. The first-order valence-corrected chi connectivity index (χ1v) is 6.63. The summed E-state index contributed by atoms with van der Waals surface area (Å²) in [5.41, 5.74) is 3.69. The average Bonchev–Trinajstić information content (AvgIpc) is 2.58. The highest BCUT2D eigenvalue weighted by molar-refractivity contribution is 6.24. The fourth-order valence-electron chi connectivity index (χ4n) is 4.18. The van der Waals surface area contributed by atoms with E-state index in [1.807, 2.05) is 6.92 Å². The highest BCUT2D eigenvalue weighted by Gasteiger charge is 2.74. The molecule has 3 heteroatoms. The third-order valence-electron chi connectivity index (χ3n) is 5.68. The Kier molecular flexibility index (Phi) is 1.92. The molecule has 0 aromatic rings. The van der Waals surface area contributed by atoms with Crippen LogP contribution in [-0.2, 0) is 9.59 Å². The number of allylic oxidation sites excluding steroid dienone is 2. The Bertz CT molecular complexity index is 523. The van der Waals surface area contributed by atoms with Gasteiger partial charge in [0.25, 0.3) is 11.8 Å². The molecule has 96 valence electrons. The number of hydrogen-bond acceptors (Lipinski definition) is 2. The molecular formula is C15H19NO2. The van der Waals surface area contributed by atoms with Gasteiger partial charge in [0.1, 0.15) is 0 Å². The van der Waals surface area contributed by atoms with Gasteiger partial charge in [-0.05, 0) is 20.3 Å². The minimum atomic E-state index is -0.193. The van der Waals surface area contributed by atoms with Gasteiger partial charge >= 0.3 is 0 Å². The summed E-state index contributed by atoms with van der Waals surface area (Å²) in [4.78, 5) is 26.2. The number of imide groups is 1. The summed E-state index contributed by atoms with van der Waals surface area (Å²) < 4.78 is 0. The maximum absolute atomic E-state index is 12.4. The van der Waals surface area contributed by atoms with Crippen LogP contribution < -0.4 is 0 Å². The van der Waals surface area contributed by atoms with Gasteiger partial charge in [0.05, 0.1) is 0 Å². The molecule has 0 radical (unpaired) electrons. The molecule has 2 aliphatic carbocycles. The lowest BCUT2D eigenvalue weighted by Crippen LogP contribution is -2.59. The molecule has 3 nitrogen and oxygen atoms in total. The van der Waals surface area contributed by atoms with E-state index in [9.17, 15) is 9.59 Å². The van der Waals surface area contributed by atoms with E-state index < -0.39 is 0 Å². The van der Waals surface area contributed by atoms with Gasteiger partial charge < -0.3 is 0 Å². The van der Waals surface area contributed by atoms with E-state index in [1.165, 1.54) is 16.0 Å². The van der Waals surface area contributed by atoms with E-state index >= 15 is 0 Å². The van der Waals surface area contributed by atoms with Crippen LogP contribution in [0.2, 0.25) is 0 Å². The minimum absolute atomic E-state index is 0.0522. The first-order valence-electron chi connectivity index (χ1n) is 6.63. The molecule has 2 atom stereocenters. The molecule has 1 heterocycles. The number of nitrogens with zero attached hydrogens (tertiary/aromatic N) is 1. The minimum Gasteiger partial charge on any atom is -0.275 e. The molecule has 0 aromatic heterocycles. The van der Waals surface area contributed by atoms with Crippen molar-refractivity contribution in [1.29, 1.82) is 0 Å². The van der Waals surface area contributed by atoms with Gasteiger partial charge in [0.2, 0.25) is 0 Å². The Morgan fingerprint density at radius 3 is 1.67 bits per heavy atom. The molecule has 0 spiro atoms. The third kappa shape index (κ3) is 0.789. The van der Waals surface area contributed by atoms with E-state index in [1.54, 1.807) is 0 Å². The van der Waals surface area contributed by atoms with Crippen molar-refractivity contribution in [2.24, 2.45) is 10.8 Å². The Morgan fingerprint density at radius 2 is 1.33 bits per heavy atom. The Labute approximate surface area is 108 Å². The zero-order chi connectivity index (χ0) is 13.5. The predicted molar refractivity (Wildman–Crippen MR) is 68.6 cm³/mol. The molecule has 0 fully saturated rings. The van der Waals surface area contributed by atoms with Crippen LogP contribution in [-0.4, -0.2) is 23.3 Å². The summed E-state index contributed by atoms with van der Waals surface area (Å²) in [6.07, 6.45) is 0.816. The lowest BCUT2D eigenvalue weighted by Gasteiger charge is -2.64. The Hall–Kier alpha value is -1.38. The van der Waals surface area contributed by atoms with Crippen molar-refractivity contribution in [3.8, 4) is 0 Å². The molecule has 2 unspecified atom stereocenters. The van der Waals surface area contributed by atoms with Crippen molar-refractivity contribution in [1.82, 2.24) is 4.90 Å². The van der Waals surface area contributed by atoms with Crippen LogP contribution in [0.25, 0.3) is 0 Å². The highest BCUT2D eigenvalue weighted by Crippen LogP contribution is 2.76. The van der Waals surface area contributed by atoms with Crippen LogP contribution in [0.4, 0.5) is 0 Å². The Balaban J connectivity index is 2.11. The smallest absolute Gasteiger partial charge is 0.258 e. The second-order valence-corrected chi connectivity index (χ2v) is 6.01. The second-order valence-electron chi connectivity index (χ2n) is 6.01. The van der Waals surface area contributed by atoms with Crippen LogP contribution >= 0.6 is 0 Å². The van der Waals surface area contributed by atoms with E-state index in [-0.39, 0.29) is 22.6 Å². The number of likely N-dealkylation sites (tertiary alicyclic amines) is 1. The fourth-order valence-corrected chi connectivity index (χ4v) is 4.18. The molecule has 1 aliphatic heterocycles. The van der Waals surface area contributed by atoms with Gasteiger partial charge in [-0.2, -0.15) is 0 Å². The first kappa shape index (κ1) is 11.7. The van der Waals surface area contributed by atoms with Crippen LogP contribution in [0.15, 0.2) is 22.3 Å². The van der Waals surface area contributed by atoms with Gasteiger partial charge in [-0.25, -0.2) is 0 Å². The summed E-state index contributed by atoms with van der Waals surface area (Å²) in [5.74, 6) is -0.104. The molecule has 0 bridgehead atoms. The van der Waals surface area contributed by atoms with Gasteiger partial charge in [-0.15, -0.1) is 0 Å². The standard InChI is InChI=1S/C15H19NO2/c1-6-7-16-12(17)10-11(13(16)18)15(5)9(3)8(2)14(10,15)4/h6-7H2,1-5H3. The third-order valence-corrected chi connectivity index (χ3v) is 5.68. The monoisotopic (exact) mass is 245 g/mol. The molecule has 3 rings (SSSR count). The van der Waals surface area contributed by atoms with E-state index in [4.69, 9.17) is 0 Å². The number of rotatable bonds is 2. The number of hydrogen-bond donors (Lipinski definition) is 0. The van der Waals surface area contributed by atoms with Crippen molar-refractivity contribution in [2.75, 3.05) is 6.54 Å². The van der Waals surface area contributed by atoms with Gasteiger partial charge in [0, 0.05) is 28.5 Å². The fraction of sp³-hybridized carbons (Fsp3) is 0.600. The maximum Gasteiger partial charge on any atom is 0.258 e. The van der Waals surface area contributed by atoms with Crippen molar-refractivity contribution < 1.29 is 9.59 Å². The van der Waals surface area contributed by atoms with Gasteiger partial charge in [-0.1, -0.05) is 31.9 Å². The predicted octanol–water partition coefficient (Wildman–Crippen LogP) is 2.44. The first-order chi connectivity index (χ1) is 8.33. The quantitative estimate of drug-likeness (QED) is 0.553. The summed E-state index contributed by atoms with van der Waals surface area (Å²) in [6.45, 7) is 10.9. The molecule has 2 amide bonds. The molecule has 0 aromatic carbocycles. The SMILES string of the molecule is CCCN1C(=O)C2=C(C1=O)C1(C)C(C)=C(C)C21C. The Morgan fingerprint density at radius 1 is 0.944 bits per heavy atom. The molecule has 18 heavy (non-hydrogen) atoms. The summed E-state index contributed by atoms with van der Waals surface area (Å²) in [6, 6.07) is 0. The molecule has 0 saturated carbocycles. The summed E-state index contributed by atoms with van der Waals surface area (Å²) in [7, 11) is 0. The molecule has 0 N–H and O–H groups in total. The number of fused-ring (bicyclic) bond motifs is 3. The molecule has 0 saturated heterocycles. The van der Waals surface area contributed by atoms with Crippen LogP contribution in [0.5, 0.6) is 0 Å². The summed E-state index contributed by atoms with van der Waals surface area (Å²) >= 11 is 0. The summed E-state index contributed by atoms with van der Waals surface area (Å²) in [5, 5.41) is 0.